The zero-order valence-corrected chi connectivity index (χ0v) is 13.0. The highest BCUT2D eigenvalue weighted by atomic mass is 35.5. The lowest BCUT2D eigenvalue weighted by atomic mass is 10.3. The van der Waals surface area contributed by atoms with Gasteiger partial charge in [-0.2, -0.15) is 5.10 Å². The van der Waals surface area contributed by atoms with Gasteiger partial charge in [-0.3, -0.25) is 9.48 Å². The number of nitrogens with one attached hydrogen (secondary N) is 1. The summed E-state index contributed by atoms with van der Waals surface area (Å²) in [5.41, 5.74) is 2.60. The molecular weight excluding hydrogens is 278 g/mol. The summed E-state index contributed by atoms with van der Waals surface area (Å²) < 4.78 is 3.62. The lowest BCUT2D eigenvalue weighted by Gasteiger charge is -2.10. The molecule has 0 saturated heterocycles. The highest BCUT2D eigenvalue weighted by Gasteiger charge is 2.22. The van der Waals surface area contributed by atoms with Crippen LogP contribution >= 0.6 is 11.6 Å². The predicted octanol–water partition coefficient (Wildman–Crippen LogP) is 1.77. The third kappa shape index (κ3) is 2.52. The number of aryl methyl sites for hydroxylation is 2. The van der Waals surface area contributed by atoms with Gasteiger partial charge in [0.05, 0.1) is 11.1 Å². The first-order valence-corrected chi connectivity index (χ1v) is 7.25. The number of carbonyl (C=O) groups is 1. The molecule has 2 rings (SSSR count). The van der Waals surface area contributed by atoms with Gasteiger partial charge in [0.25, 0.3) is 0 Å². The van der Waals surface area contributed by atoms with Gasteiger partial charge < -0.3 is 9.88 Å². The van der Waals surface area contributed by atoms with Crippen LogP contribution in [0, 0.1) is 0 Å². The minimum absolute atomic E-state index is 0.0513. The molecule has 1 amide bonds. The molecule has 0 fully saturated rings. The number of carbonyl (C=O) groups excluding carboxylic acids is 1. The van der Waals surface area contributed by atoms with Crippen LogP contribution in [0.4, 0.5) is 0 Å². The lowest BCUT2D eigenvalue weighted by molar-refractivity contribution is -0.121. The maximum absolute atomic E-state index is 11.9. The number of hydrogen-bond donors (Lipinski definition) is 1. The smallest absolute Gasteiger partial charge is 0.240 e. The number of hydrogen-bond acceptors (Lipinski definition) is 3. The van der Waals surface area contributed by atoms with Crippen LogP contribution in [0.5, 0.6) is 0 Å². The van der Waals surface area contributed by atoms with Crippen LogP contribution in [0.15, 0.2) is 0 Å². The molecule has 0 spiro atoms. The van der Waals surface area contributed by atoms with E-state index in [2.05, 4.69) is 15.4 Å². The van der Waals surface area contributed by atoms with Crippen LogP contribution in [0.3, 0.4) is 0 Å². The fourth-order valence-electron chi connectivity index (χ4n) is 2.35. The molecule has 0 aliphatic carbocycles. The second-order valence-corrected chi connectivity index (χ2v) is 5.38. The third-order valence-electron chi connectivity index (χ3n) is 3.19. The van der Waals surface area contributed by atoms with E-state index in [0.29, 0.717) is 12.4 Å². The van der Waals surface area contributed by atoms with Crippen molar-refractivity contribution in [3.05, 3.63) is 11.5 Å². The van der Waals surface area contributed by atoms with Gasteiger partial charge in [-0.1, -0.05) is 6.92 Å². The highest BCUT2D eigenvalue weighted by Crippen LogP contribution is 2.26. The Hall–Kier alpha value is -1.56. The van der Waals surface area contributed by atoms with E-state index in [1.54, 1.807) is 4.68 Å². The highest BCUT2D eigenvalue weighted by molar-refractivity contribution is 6.20. The zero-order chi connectivity index (χ0) is 14.9. The van der Waals surface area contributed by atoms with Crippen molar-refractivity contribution in [3.8, 4) is 0 Å². The standard InChI is InChI=1S/C13H20ClN5O/c1-5-9-11-13(18(4)17-9)19(7-10(20)15-6-2)12(16-11)8(3)14/h8H,5-7H2,1-4H3,(H,15,20). The minimum Gasteiger partial charge on any atom is -0.355 e. The second kappa shape index (κ2) is 5.83. The normalized spacial score (nSPS) is 12.8. The summed E-state index contributed by atoms with van der Waals surface area (Å²) in [6, 6.07) is 0. The molecule has 1 unspecified atom stereocenters. The van der Waals surface area contributed by atoms with Crippen LogP contribution in [0.1, 0.15) is 37.7 Å². The van der Waals surface area contributed by atoms with Crippen molar-refractivity contribution in [3.63, 3.8) is 0 Å². The molecule has 6 nitrogen and oxygen atoms in total. The molecule has 1 N–H and O–H groups in total. The van der Waals surface area contributed by atoms with Gasteiger partial charge >= 0.3 is 0 Å². The maximum Gasteiger partial charge on any atom is 0.240 e. The van der Waals surface area contributed by atoms with Crippen LogP contribution < -0.4 is 5.32 Å². The molecule has 2 aromatic heterocycles. The van der Waals surface area contributed by atoms with Crippen LogP contribution in [-0.4, -0.2) is 31.8 Å². The van der Waals surface area contributed by atoms with Crippen molar-refractivity contribution < 1.29 is 4.79 Å². The number of halogens is 1. The summed E-state index contributed by atoms with van der Waals surface area (Å²) in [5, 5.41) is 6.97. The monoisotopic (exact) mass is 297 g/mol. The van der Waals surface area contributed by atoms with Crippen molar-refractivity contribution in [2.45, 2.75) is 39.1 Å². The molecule has 110 valence electrons. The summed E-state index contributed by atoms with van der Waals surface area (Å²) in [6.07, 6.45) is 0.797. The van der Waals surface area contributed by atoms with Gasteiger partial charge in [0, 0.05) is 13.6 Å². The van der Waals surface area contributed by atoms with E-state index >= 15 is 0 Å². The van der Waals surface area contributed by atoms with E-state index < -0.39 is 0 Å². The van der Waals surface area contributed by atoms with Gasteiger partial charge in [0.15, 0.2) is 5.65 Å². The Labute approximate surface area is 123 Å². The molecule has 7 heteroatoms. The number of imidazole rings is 1. The Morgan fingerprint density at radius 1 is 1.45 bits per heavy atom. The van der Waals surface area contributed by atoms with Crippen molar-refractivity contribution >= 4 is 28.7 Å². The van der Waals surface area contributed by atoms with E-state index in [1.165, 1.54) is 0 Å². The van der Waals surface area contributed by atoms with Gasteiger partial charge in [0.1, 0.15) is 17.9 Å². The summed E-state index contributed by atoms with van der Waals surface area (Å²) in [6.45, 7) is 6.60. The van der Waals surface area contributed by atoms with Crippen LogP contribution in [-0.2, 0) is 24.8 Å². The van der Waals surface area contributed by atoms with E-state index in [0.717, 1.165) is 23.3 Å². The summed E-state index contributed by atoms with van der Waals surface area (Å²) >= 11 is 6.20. The second-order valence-electron chi connectivity index (χ2n) is 4.72. The minimum atomic E-state index is -0.262. The molecule has 0 bridgehead atoms. The SMILES string of the molecule is CCNC(=O)Cn1c(C(C)Cl)nc2c(CC)nn(C)c21. The quantitative estimate of drug-likeness (QED) is 0.856. The van der Waals surface area contributed by atoms with Crippen molar-refractivity contribution in [1.82, 2.24) is 24.6 Å². The fraction of sp³-hybridized carbons (Fsp3) is 0.615. The van der Waals surface area contributed by atoms with Gasteiger partial charge in [-0.05, 0) is 20.3 Å². The average molecular weight is 298 g/mol. The van der Waals surface area contributed by atoms with E-state index in [9.17, 15) is 4.79 Å². The predicted molar refractivity (Wildman–Crippen MR) is 78.8 cm³/mol. The topological polar surface area (TPSA) is 64.7 Å². The Kier molecular flexibility index (Phi) is 4.32. The van der Waals surface area contributed by atoms with Gasteiger partial charge in [-0.15, -0.1) is 11.6 Å². The molecule has 0 aromatic carbocycles. The third-order valence-corrected chi connectivity index (χ3v) is 3.38. The molecule has 0 aliphatic heterocycles. The Morgan fingerprint density at radius 2 is 2.15 bits per heavy atom. The molecule has 0 saturated carbocycles. The molecule has 0 radical (unpaired) electrons. The summed E-state index contributed by atoms with van der Waals surface area (Å²) in [7, 11) is 1.86. The first-order valence-electron chi connectivity index (χ1n) is 6.82. The summed E-state index contributed by atoms with van der Waals surface area (Å²) in [4.78, 5) is 16.5. The van der Waals surface area contributed by atoms with Crippen LogP contribution in [0.2, 0.25) is 0 Å². The molecule has 2 heterocycles. The van der Waals surface area contributed by atoms with E-state index in [1.807, 2.05) is 32.4 Å². The first-order chi connectivity index (χ1) is 9.49. The molecular formula is C13H20ClN5O. The molecule has 20 heavy (non-hydrogen) atoms. The molecule has 2 aromatic rings. The van der Waals surface area contributed by atoms with Gasteiger partial charge in [0.2, 0.25) is 5.91 Å². The number of nitrogens with zero attached hydrogens (tertiary/aromatic N) is 4. The van der Waals surface area contributed by atoms with E-state index in [4.69, 9.17) is 11.6 Å². The molecule has 1 atom stereocenters. The molecule has 0 aliphatic rings. The Balaban J connectivity index is 2.56. The Bertz CT molecular complexity index is 628. The fourth-order valence-corrected chi connectivity index (χ4v) is 2.52. The number of alkyl halides is 1. The van der Waals surface area contributed by atoms with Gasteiger partial charge in [-0.25, -0.2) is 4.98 Å². The van der Waals surface area contributed by atoms with Crippen molar-refractivity contribution in [2.24, 2.45) is 7.05 Å². The van der Waals surface area contributed by atoms with Crippen LogP contribution in [0.25, 0.3) is 11.2 Å². The number of amides is 1. The average Bonchev–Trinajstić information content (AvgIpc) is 2.89. The lowest BCUT2D eigenvalue weighted by Crippen LogP contribution is -2.28. The number of likely N-dealkylation sites (N-methyl/N-ethyl adjacent to an activating group) is 1. The zero-order valence-electron chi connectivity index (χ0n) is 12.3. The number of aromatic nitrogens is 4. The van der Waals surface area contributed by atoms with E-state index in [-0.39, 0.29) is 17.8 Å². The van der Waals surface area contributed by atoms with Crippen molar-refractivity contribution in [2.75, 3.05) is 6.54 Å². The number of rotatable bonds is 5. The largest absolute Gasteiger partial charge is 0.355 e. The number of fused-ring (bicyclic) bond motifs is 1. The summed E-state index contributed by atoms with van der Waals surface area (Å²) in [5.74, 6) is 0.653. The van der Waals surface area contributed by atoms with Crippen molar-refractivity contribution in [1.29, 1.82) is 0 Å². The Morgan fingerprint density at radius 3 is 2.70 bits per heavy atom. The maximum atomic E-state index is 11.9. The first kappa shape index (κ1) is 14.8.